The summed E-state index contributed by atoms with van der Waals surface area (Å²) < 4.78 is 6.15. The summed E-state index contributed by atoms with van der Waals surface area (Å²) in [6.45, 7) is 9.67. The minimum absolute atomic E-state index is 0.0629. The molecule has 0 aromatic heterocycles. The molecule has 2 aliphatic rings. The number of nitrogens with zero attached hydrogens (tertiary/aromatic N) is 1. The molecular formula is C30H33NO3S. The highest BCUT2D eigenvalue weighted by Crippen LogP contribution is 2.54. The lowest BCUT2D eigenvalue weighted by Crippen LogP contribution is -2.35. The van der Waals surface area contributed by atoms with Gasteiger partial charge in [-0.15, -0.1) is 11.8 Å². The van der Waals surface area contributed by atoms with E-state index in [-0.39, 0.29) is 16.7 Å². The second-order valence-corrected chi connectivity index (χ2v) is 11.0. The summed E-state index contributed by atoms with van der Waals surface area (Å²) in [6, 6.07) is 21.8. The molecule has 0 spiro atoms. The molecule has 0 amide bonds. The van der Waals surface area contributed by atoms with Crippen molar-refractivity contribution < 1.29 is 14.9 Å². The quantitative estimate of drug-likeness (QED) is 0.393. The van der Waals surface area contributed by atoms with Crippen LogP contribution >= 0.6 is 11.8 Å². The van der Waals surface area contributed by atoms with Crippen LogP contribution in [0.3, 0.4) is 0 Å². The number of phenols is 2. The Hall–Kier alpha value is -2.89. The van der Waals surface area contributed by atoms with E-state index in [9.17, 15) is 10.2 Å². The van der Waals surface area contributed by atoms with Gasteiger partial charge in [0.15, 0.2) is 0 Å². The molecular weight excluding hydrogens is 454 g/mol. The Labute approximate surface area is 212 Å². The van der Waals surface area contributed by atoms with Gasteiger partial charge in [0.05, 0.1) is 5.25 Å². The molecule has 35 heavy (non-hydrogen) atoms. The number of rotatable bonds is 6. The minimum Gasteiger partial charge on any atom is -0.508 e. The third kappa shape index (κ3) is 5.07. The fourth-order valence-corrected chi connectivity index (χ4v) is 6.61. The molecule has 3 aromatic carbocycles. The lowest BCUT2D eigenvalue weighted by Gasteiger charge is -2.30. The monoisotopic (exact) mass is 487 g/mol. The fourth-order valence-electron chi connectivity index (χ4n) is 5.15. The molecule has 0 bridgehead atoms. The van der Waals surface area contributed by atoms with E-state index < -0.39 is 0 Å². The van der Waals surface area contributed by atoms with Gasteiger partial charge in [-0.3, -0.25) is 4.90 Å². The maximum atomic E-state index is 10.2. The zero-order valence-electron chi connectivity index (χ0n) is 20.6. The highest BCUT2D eigenvalue weighted by molar-refractivity contribution is 8.00. The van der Waals surface area contributed by atoms with Crippen molar-refractivity contribution in [1.29, 1.82) is 0 Å². The number of phenolic OH excluding ortho intramolecular Hbond substituents is 2. The summed E-state index contributed by atoms with van der Waals surface area (Å²) in [6.07, 6.45) is 1.27. The lowest BCUT2D eigenvalue weighted by atomic mass is 9.89. The van der Waals surface area contributed by atoms with Crippen LogP contribution in [0.25, 0.3) is 11.1 Å². The van der Waals surface area contributed by atoms with Gasteiger partial charge < -0.3 is 14.9 Å². The van der Waals surface area contributed by atoms with E-state index in [0.717, 1.165) is 51.9 Å². The highest BCUT2D eigenvalue weighted by Gasteiger charge is 2.29. The molecule has 0 radical (unpaired) electrons. The third-order valence-corrected chi connectivity index (χ3v) is 8.54. The van der Waals surface area contributed by atoms with E-state index in [4.69, 9.17) is 4.74 Å². The summed E-state index contributed by atoms with van der Waals surface area (Å²) in [5.74, 6) is 2.17. The van der Waals surface area contributed by atoms with Crippen LogP contribution < -0.4 is 4.74 Å². The highest BCUT2D eigenvalue weighted by atomic mass is 32.2. The topological polar surface area (TPSA) is 52.9 Å². The van der Waals surface area contributed by atoms with E-state index in [0.29, 0.717) is 12.6 Å². The predicted molar refractivity (Wildman–Crippen MR) is 144 cm³/mol. The van der Waals surface area contributed by atoms with Gasteiger partial charge in [0.2, 0.25) is 0 Å². The van der Waals surface area contributed by atoms with Gasteiger partial charge in [-0.05, 0) is 103 Å². The van der Waals surface area contributed by atoms with Crippen molar-refractivity contribution >= 4 is 22.9 Å². The van der Waals surface area contributed by atoms with E-state index in [1.807, 2.05) is 30.3 Å². The first-order chi connectivity index (χ1) is 16.9. The first-order valence-corrected chi connectivity index (χ1v) is 13.2. The van der Waals surface area contributed by atoms with Crippen LogP contribution in [0.2, 0.25) is 0 Å². The number of hydrogen-bond donors (Lipinski definition) is 2. The number of aromatic hydroxyl groups is 2. The number of ether oxygens (including phenoxy) is 1. The molecule has 3 aromatic rings. The molecule has 3 atom stereocenters. The summed E-state index contributed by atoms with van der Waals surface area (Å²) in [5.41, 5.74) is 5.46. The summed E-state index contributed by atoms with van der Waals surface area (Å²) in [7, 11) is 0. The van der Waals surface area contributed by atoms with Gasteiger partial charge in [-0.25, -0.2) is 0 Å². The van der Waals surface area contributed by atoms with Crippen molar-refractivity contribution in [2.75, 3.05) is 19.7 Å². The average molecular weight is 488 g/mol. The van der Waals surface area contributed by atoms with Crippen LogP contribution in [0.1, 0.15) is 49.1 Å². The van der Waals surface area contributed by atoms with E-state index >= 15 is 0 Å². The molecule has 4 nitrogen and oxygen atoms in total. The number of benzene rings is 3. The predicted octanol–water partition coefficient (Wildman–Crippen LogP) is 6.98. The summed E-state index contributed by atoms with van der Waals surface area (Å²) in [5, 5.41) is 20.3. The van der Waals surface area contributed by atoms with Gasteiger partial charge in [-0.2, -0.15) is 0 Å². The molecule has 182 valence electrons. The molecule has 1 unspecified atom stereocenters. The molecule has 2 N–H and O–H groups in total. The second kappa shape index (κ2) is 10.00. The third-order valence-electron chi connectivity index (χ3n) is 7.19. The number of thioether (sulfide) groups is 1. The maximum absolute atomic E-state index is 10.2. The van der Waals surface area contributed by atoms with Crippen molar-refractivity contribution in [3.8, 4) is 17.2 Å². The molecule has 2 aliphatic heterocycles. The second-order valence-electron chi connectivity index (χ2n) is 9.89. The van der Waals surface area contributed by atoms with Crippen LogP contribution in [-0.4, -0.2) is 40.9 Å². The first-order valence-electron chi connectivity index (χ1n) is 12.4. The summed E-state index contributed by atoms with van der Waals surface area (Å²) in [4.78, 5) is 3.66. The fraction of sp³-hybridized carbons (Fsp3) is 0.333. The average Bonchev–Trinajstić information content (AvgIpc) is 3.29. The van der Waals surface area contributed by atoms with Gasteiger partial charge in [0.1, 0.15) is 23.9 Å². The van der Waals surface area contributed by atoms with Crippen LogP contribution in [0, 0.1) is 5.92 Å². The Bertz CT molecular complexity index is 1240. The van der Waals surface area contributed by atoms with Gasteiger partial charge in [0.25, 0.3) is 0 Å². The molecule has 0 aliphatic carbocycles. The van der Waals surface area contributed by atoms with Crippen LogP contribution in [0.15, 0.2) is 71.6 Å². The smallest absolute Gasteiger partial charge is 0.119 e. The molecule has 5 heteroatoms. The zero-order valence-corrected chi connectivity index (χ0v) is 21.4. The Morgan fingerprint density at radius 3 is 2.51 bits per heavy atom. The Balaban J connectivity index is 1.41. The zero-order chi connectivity index (χ0) is 24.5. The number of fused-ring (bicyclic) bond motifs is 1. The molecule has 1 saturated heterocycles. The van der Waals surface area contributed by atoms with Gasteiger partial charge in [0, 0.05) is 17.5 Å². The molecule has 0 saturated carbocycles. The van der Waals surface area contributed by atoms with Crippen LogP contribution in [0.4, 0.5) is 0 Å². The minimum atomic E-state index is 0.0629. The van der Waals surface area contributed by atoms with Crippen molar-refractivity contribution in [3.63, 3.8) is 0 Å². The van der Waals surface area contributed by atoms with Crippen LogP contribution in [0.5, 0.6) is 17.2 Å². The largest absolute Gasteiger partial charge is 0.508 e. The number of hydrogen-bond acceptors (Lipinski definition) is 5. The first kappa shape index (κ1) is 23.8. The Kier molecular flexibility index (Phi) is 6.81. The van der Waals surface area contributed by atoms with Crippen LogP contribution in [-0.2, 0) is 0 Å². The van der Waals surface area contributed by atoms with Gasteiger partial charge >= 0.3 is 0 Å². The SMILES string of the molecule is CC1=C(c2cccc(O)c2)C(c2ccc(OC[C@H](C)N3CC[C@@H](C)C3)cc2)Sc2ccc(O)cc21. The summed E-state index contributed by atoms with van der Waals surface area (Å²) >= 11 is 1.77. The standard InChI is InChI=1S/C30H33NO3S/c1-19-13-14-31(17-19)20(2)18-34-26-10-7-22(8-11-26)30-29(23-5-4-6-24(32)15-23)21(3)27-16-25(33)9-12-28(27)35-30/h4-12,15-16,19-20,30,32-33H,13-14,17-18H2,1-3H3/t19-,20+,30?/m1/s1. The number of allylic oxidation sites excluding steroid dienone is 1. The Morgan fingerprint density at radius 2 is 1.80 bits per heavy atom. The maximum Gasteiger partial charge on any atom is 0.119 e. The van der Waals surface area contributed by atoms with Crippen molar-refractivity contribution in [3.05, 3.63) is 83.4 Å². The molecule has 2 heterocycles. The van der Waals surface area contributed by atoms with Gasteiger partial charge in [-0.1, -0.05) is 31.2 Å². The number of likely N-dealkylation sites (tertiary alicyclic amines) is 1. The van der Waals surface area contributed by atoms with E-state index in [1.165, 1.54) is 12.0 Å². The van der Waals surface area contributed by atoms with E-state index in [2.05, 4.69) is 49.9 Å². The lowest BCUT2D eigenvalue weighted by molar-refractivity contribution is 0.169. The normalized spacial score (nSPS) is 21.1. The van der Waals surface area contributed by atoms with E-state index in [1.54, 1.807) is 23.9 Å². The van der Waals surface area contributed by atoms with Crippen molar-refractivity contribution in [2.24, 2.45) is 5.92 Å². The molecule has 5 rings (SSSR count). The Morgan fingerprint density at radius 1 is 1.03 bits per heavy atom. The van der Waals surface area contributed by atoms with Crippen molar-refractivity contribution in [2.45, 2.75) is 43.4 Å². The molecule has 1 fully saturated rings. The van der Waals surface area contributed by atoms with Crippen molar-refractivity contribution in [1.82, 2.24) is 4.90 Å².